The second-order valence-electron chi connectivity index (χ2n) is 6.94. The highest BCUT2D eigenvalue weighted by molar-refractivity contribution is 7.92. The fourth-order valence-corrected chi connectivity index (χ4v) is 4.09. The molecule has 9 heteroatoms. The van der Waals surface area contributed by atoms with Gasteiger partial charge in [-0.2, -0.15) is 0 Å². The van der Waals surface area contributed by atoms with Gasteiger partial charge in [-0.25, -0.2) is 8.42 Å². The van der Waals surface area contributed by atoms with Gasteiger partial charge in [0.25, 0.3) is 10.0 Å². The number of nitrogens with one attached hydrogen (secondary N) is 1. The quantitative estimate of drug-likeness (QED) is 0.356. The Kier molecular flexibility index (Phi) is 4.82. The molecule has 31 heavy (non-hydrogen) atoms. The molecule has 0 unspecified atom stereocenters. The molecule has 8 nitrogen and oxygen atoms in total. The normalized spacial score (nSPS) is 11.5. The average Bonchev–Trinajstić information content (AvgIpc) is 2.73. The van der Waals surface area contributed by atoms with E-state index in [9.17, 15) is 28.5 Å². The number of benzene rings is 3. The lowest BCUT2D eigenvalue weighted by Gasteiger charge is -2.10. The average molecular weight is 439 g/mol. The van der Waals surface area contributed by atoms with Crippen molar-refractivity contribution in [2.75, 3.05) is 4.72 Å². The summed E-state index contributed by atoms with van der Waals surface area (Å²) >= 11 is 0. The van der Waals surface area contributed by atoms with E-state index in [1.54, 1.807) is 12.1 Å². The third kappa shape index (κ3) is 3.78. The summed E-state index contributed by atoms with van der Waals surface area (Å²) in [5.74, 6) is -1.74. The summed E-state index contributed by atoms with van der Waals surface area (Å²) < 4.78 is 33.3. The lowest BCUT2D eigenvalue weighted by molar-refractivity contribution is 0.403. The summed E-state index contributed by atoms with van der Waals surface area (Å²) in [6.45, 7) is 1.84. The van der Waals surface area contributed by atoms with Crippen molar-refractivity contribution in [3.63, 3.8) is 0 Å². The fourth-order valence-electron chi connectivity index (χ4n) is 3.04. The van der Waals surface area contributed by atoms with Crippen LogP contribution in [-0.4, -0.2) is 23.7 Å². The van der Waals surface area contributed by atoms with E-state index in [1.165, 1.54) is 42.5 Å². The van der Waals surface area contributed by atoms with Crippen molar-refractivity contribution in [1.82, 2.24) is 0 Å². The number of rotatable bonds is 4. The predicted molar refractivity (Wildman–Crippen MR) is 115 cm³/mol. The second kappa shape index (κ2) is 7.37. The van der Waals surface area contributed by atoms with Gasteiger partial charge < -0.3 is 19.7 Å². The van der Waals surface area contributed by atoms with Crippen LogP contribution in [0, 0.1) is 6.92 Å². The van der Waals surface area contributed by atoms with Crippen LogP contribution in [0.15, 0.2) is 74.8 Å². The lowest BCUT2D eigenvalue weighted by atomic mass is 10.1. The standard InChI is InChI=1S/C22H17NO7S/c1-12-2-6-15(7-3-12)31(28,29)23-14-5-8-16-19(11-14)30-22(21(27)20(16)26)13-4-9-17(24)18(25)10-13/h2-11,23-25,27H,1H3. The zero-order valence-corrected chi connectivity index (χ0v) is 17.0. The Morgan fingerprint density at radius 2 is 1.58 bits per heavy atom. The second-order valence-corrected chi connectivity index (χ2v) is 8.62. The minimum absolute atomic E-state index is 0.0227. The molecule has 0 amide bonds. The number of hydrogen-bond acceptors (Lipinski definition) is 7. The molecule has 4 N–H and O–H groups in total. The molecule has 1 aromatic heterocycles. The lowest BCUT2D eigenvalue weighted by Crippen LogP contribution is -2.13. The van der Waals surface area contributed by atoms with Crippen molar-refractivity contribution in [3.8, 4) is 28.6 Å². The number of sulfonamides is 1. The van der Waals surface area contributed by atoms with Crippen LogP contribution < -0.4 is 10.2 Å². The van der Waals surface area contributed by atoms with Crippen LogP contribution >= 0.6 is 0 Å². The molecule has 0 saturated heterocycles. The first kappa shape index (κ1) is 20.3. The van der Waals surface area contributed by atoms with E-state index in [0.717, 1.165) is 11.6 Å². The number of phenolic OH excluding ortho intramolecular Hbond substituents is 2. The fraction of sp³-hybridized carbons (Fsp3) is 0.0455. The Morgan fingerprint density at radius 1 is 0.871 bits per heavy atom. The molecule has 3 aromatic carbocycles. The summed E-state index contributed by atoms with van der Waals surface area (Å²) in [5.41, 5.74) is 0.518. The number of fused-ring (bicyclic) bond motifs is 1. The first-order chi connectivity index (χ1) is 14.7. The van der Waals surface area contributed by atoms with Crippen molar-refractivity contribution in [2.24, 2.45) is 0 Å². The van der Waals surface area contributed by atoms with Gasteiger partial charge in [0.2, 0.25) is 11.2 Å². The van der Waals surface area contributed by atoms with Crippen LogP contribution in [0.1, 0.15) is 5.56 Å². The van der Waals surface area contributed by atoms with Crippen LogP contribution in [0.5, 0.6) is 17.2 Å². The van der Waals surface area contributed by atoms with E-state index in [-0.39, 0.29) is 38.6 Å². The van der Waals surface area contributed by atoms with E-state index in [1.807, 2.05) is 6.92 Å². The summed E-state index contributed by atoms with van der Waals surface area (Å²) in [6, 6.07) is 14.0. The Labute approximate surface area is 176 Å². The minimum atomic E-state index is -3.87. The van der Waals surface area contributed by atoms with Gasteiger partial charge in [-0.15, -0.1) is 0 Å². The molecule has 1 heterocycles. The van der Waals surface area contributed by atoms with Gasteiger partial charge in [-0.1, -0.05) is 17.7 Å². The number of anilines is 1. The van der Waals surface area contributed by atoms with Crippen molar-refractivity contribution >= 4 is 26.7 Å². The van der Waals surface area contributed by atoms with Crippen molar-refractivity contribution in [1.29, 1.82) is 0 Å². The zero-order valence-electron chi connectivity index (χ0n) is 16.2. The van der Waals surface area contributed by atoms with Crippen molar-refractivity contribution in [2.45, 2.75) is 11.8 Å². The summed E-state index contributed by atoms with van der Waals surface area (Å²) in [4.78, 5) is 12.6. The maximum atomic E-state index is 12.6. The summed E-state index contributed by atoms with van der Waals surface area (Å²) in [6.07, 6.45) is 0. The third-order valence-corrected chi connectivity index (χ3v) is 6.09. The topological polar surface area (TPSA) is 137 Å². The zero-order chi connectivity index (χ0) is 22.3. The molecule has 0 aliphatic rings. The molecule has 0 radical (unpaired) electrons. The number of aryl methyl sites for hydroxylation is 1. The molecule has 0 spiro atoms. The molecule has 0 fully saturated rings. The monoisotopic (exact) mass is 439 g/mol. The van der Waals surface area contributed by atoms with E-state index in [0.29, 0.717) is 0 Å². The van der Waals surface area contributed by atoms with Crippen LogP contribution in [0.3, 0.4) is 0 Å². The SMILES string of the molecule is Cc1ccc(S(=O)(=O)Nc2ccc3c(=O)c(O)c(-c4ccc(O)c(O)c4)oc3c2)cc1. The highest BCUT2D eigenvalue weighted by Crippen LogP contribution is 2.35. The van der Waals surface area contributed by atoms with E-state index >= 15 is 0 Å². The molecule has 0 atom stereocenters. The maximum Gasteiger partial charge on any atom is 0.261 e. The van der Waals surface area contributed by atoms with Gasteiger partial charge in [0.1, 0.15) is 5.58 Å². The van der Waals surface area contributed by atoms with Gasteiger partial charge in [0.15, 0.2) is 17.3 Å². The Bertz CT molecular complexity index is 1470. The molecule has 4 aromatic rings. The molecular formula is C22H17NO7S. The third-order valence-electron chi connectivity index (χ3n) is 4.69. The van der Waals surface area contributed by atoms with Crippen LogP contribution in [0.2, 0.25) is 0 Å². The maximum absolute atomic E-state index is 12.6. The number of hydrogen-bond donors (Lipinski definition) is 4. The molecule has 4 rings (SSSR count). The number of aromatic hydroxyl groups is 3. The molecule has 0 saturated carbocycles. The first-order valence-electron chi connectivity index (χ1n) is 9.07. The van der Waals surface area contributed by atoms with Crippen LogP contribution in [0.4, 0.5) is 5.69 Å². The van der Waals surface area contributed by atoms with Gasteiger partial charge in [0.05, 0.1) is 16.0 Å². The Hall–Kier alpha value is -3.98. The van der Waals surface area contributed by atoms with Gasteiger partial charge in [0, 0.05) is 11.6 Å². The predicted octanol–water partition coefficient (Wildman–Crippen LogP) is 3.69. The van der Waals surface area contributed by atoms with Gasteiger partial charge >= 0.3 is 0 Å². The highest BCUT2D eigenvalue weighted by Gasteiger charge is 2.19. The highest BCUT2D eigenvalue weighted by atomic mass is 32.2. The van der Waals surface area contributed by atoms with Gasteiger partial charge in [-0.05, 0) is 49.4 Å². The van der Waals surface area contributed by atoms with E-state index in [4.69, 9.17) is 4.42 Å². The molecule has 158 valence electrons. The van der Waals surface area contributed by atoms with Crippen molar-refractivity contribution in [3.05, 3.63) is 76.5 Å². The minimum Gasteiger partial charge on any atom is -0.504 e. The van der Waals surface area contributed by atoms with E-state index < -0.39 is 27.0 Å². The first-order valence-corrected chi connectivity index (χ1v) is 10.6. The summed E-state index contributed by atoms with van der Waals surface area (Å²) in [7, 11) is -3.87. The molecule has 0 bridgehead atoms. The van der Waals surface area contributed by atoms with Crippen molar-refractivity contribution < 1.29 is 28.2 Å². The largest absolute Gasteiger partial charge is 0.504 e. The van der Waals surface area contributed by atoms with Crippen LogP contribution in [-0.2, 0) is 10.0 Å². The molecule has 0 aliphatic heterocycles. The Balaban J connectivity index is 1.79. The number of phenols is 2. The Morgan fingerprint density at radius 3 is 2.26 bits per heavy atom. The van der Waals surface area contributed by atoms with Crippen LogP contribution in [0.25, 0.3) is 22.3 Å². The van der Waals surface area contributed by atoms with Gasteiger partial charge in [-0.3, -0.25) is 9.52 Å². The molecular weight excluding hydrogens is 422 g/mol. The summed E-state index contributed by atoms with van der Waals surface area (Å²) in [5, 5.41) is 29.5. The van der Waals surface area contributed by atoms with E-state index in [2.05, 4.69) is 4.72 Å². The smallest absolute Gasteiger partial charge is 0.261 e. The molecule has 0 aliphatic carbocycles.